The first-order valence-corrected chi connectivity index (χ1v) is 40.4. The number of hydrogen-bond acceptors (Lipinski definition) is 6. The largest absolute Gasteiger partial charge is 0.489 e. The number of ether oxygens (including phenoxy) is 3. The van der Waals surface area contributed by atoms with Crippen LogP contribution in [0.25, 0.3) is 64.6 Å². The van der Waals surface area contributed by atoms with Gasteiger partial charge in [-0.3, -0.25) is 0 Å². The van der Waals surface area contributed by atoms with E-state index in [1.807, 2.05) is 0 Å². The fraction of sp³-hybridized carbons (Fsp3) is 0.109. The Morgan fingerprint density at radius 3 is 0.828 bits per heavy atom. The predicted octanol–water partition coefficient (Wildman–Crippen LogP) is 29.1. The third-order valence-electron chi connectivity index (χ3n) is 24.4. The molecule has 0 saturated carbocycles. The Balaban J connectivity index is 0.651. The van der Waals surface area contributed by atoms with Gasteiger partial charge in [0.15, 0.2) is 0 Å². The van der Waals surface area contributed by atoms with Crippen LogP contribution in [0, 0.1) is 0 Å². The van der Waals surface area contributed by atoms with Gasteiger partial charge in [0.05, 0.1) is 18.6 Å². The van der Waals surface area contributed by atoms with Crippen molar-refractivity contribution in [1.82, 2.24) is 0 Å². The van der Waals surface area contributed by atoms with E-state index in [1.165, 1.54) is 64.6 Å². The number of para-hydroxylation sites is 1. The van der Waals surface area contributed by atoms with Crippen molar-refractivity contribution in [3.05, 3.63) is 458 Å². The predicted molar refractivity (Wildman–Crippen MR) is 486 cm³/mol. The van der Waals surface area contributed by atoms with E-state index in [9.17, 15) is 0 Å². The minimum atomic E-state index is -0.941. The Hall–Kier alpha value is -13.6. The summed E-state index contributed by atoms with van der Waals surface area (Å²) in [6, 6.07) is 137. The second kappa shape index (κ2) is 31.1. The Morgan fingerprint density at radius 2 is 0.526 bits per heavy atom. The third kappa shape index (κ3) is 14.0. The molecule has 17 aromatic rings. The average molecular weight is 1500 g/mol. The summed E-state index contributed by atoms with van der Waals surface area (Å²) in [5, 5.41) is 14.4. The van der Waals surface area contributed by atoms with Crippen molar-refractivity contribution in [1.29, 1.82) is 0 Å². The van der Waals surface area contributed by atoms with Gasteiger partial charge in [-0.2, -0.15) is 0 Å². The van der Waals surface area contributed by atoms with Crippen LogP contribution in [0.4, 0.5) is 51.2 Å². The maximum atomic E-state index is 7.87. The number of anilines is 9. The van der Waals surface area contributed by atoms with Crippen molar-refractivity contribution < 1.29 is 14.2 Å². The monoisotopic (exact) mass is 1500 g/mol. The molecule has 2 aliphatic carbocycles. The molecule has 0 saturated heterocycles. The molecular formula is C110H89N3O3. The molecule has 0 amide bonds. The zero-order valence-electron chi connectivity index (χ0n) is 65.5. The van der Waals surface area contributed by atoms with Crippen LogP contribution in [0.2, 0.25) is 0 Å². The summed E-state index contributed by atoms with van der Waals surface area (Å²) in [5.74, 6) is 0.841. The molecule has 0 aliphatic heterocycles. The lowest BCUT2D eigenvalue weighted by Crippen LogP contribution is -2.64. The minimum Gasteiger partial charge on any atom is -0.489 e. The fourth-order valence-electron chi connectivity index (χ4n) is 17.8. The summed E-state index contributed by atoms with van der Waals surface area (Å²) in [7, 11) is 0. The SMILES string of the molecule is CC(C)(c1ccc(C(C)(C2(OCc3ccc(N(c4ccc5ccccc5c4)c4ccc5ccccc5c4)cc3)C=CC=CC2)C2(OCc3ccc(N(c4ccc5ccccc5c4)c4ccc5ccccc5c4)cc3)C=CC=CC2)cc1)c1ccccc1OCc1ccc(N(c2ccc3ccccc3c2)c2ccc3ccccc3c2)cc1. The molecule has 0 spiro atoms. The molecule has 0 radical (unpaired) electrons. The Morgan fingerprint density at radius 1 is 0.259 bits per heavy atom. The Bertz CT molecular complexity index is 6140. The molecule has 0 heterocycles. The summed E-state index contributed by atoms with van der Waals surface area (Å²) in [4.78, 5) is 7.08. The Kier molecular flexibility index (Phi) is 19.4. The highest BCUT2D eigenvalue weighted by molar-refractivity contribution is 5.96. The van der Waals surface area contributed by atoms with Crippen LogP contribution in [0.15, 0.2) is 425 Å². The van der Waals surface area contributed by atoms with Gasteiger partial charge in [0.25, 0.3) is 0 Å². The number of hydrogen-bond donors (Lipinski definition) is 0. The molecule has 2 unspecified atom stereocenters. The zero-order chi connectivity index (χ0) is 78.1. The first-order chi connectivity index (χ1) is 57.0. The van der Waals surface area contributed by atoms with Crippen molar-refractivity contribution in [2.45, 2.75) is 75.5 Å². The summed E-state index contributed by atoms with van der Waals surface area (Å²) in [5.41, 5.74) is 13.0. The van der Waals surface area contributed by atoms with Crippen molar-refractivity contribution in [3.63, 3.8) is 0 Å². The zero-order valence-corrected chi connectivity index (χ0v) is 65.5. The van der Waals surface area contributed by atoms with E-state index in [0.29, 0.717) is 32.7 Å². The smallest absolute Gasteiger partial charge is 0.123 e. The van der Waals surface area contributed by atoms with Crippen molar-refractivity contribution in [2.75, 3.05) is 14.7 Å². The first kappa shape index (κ1) is 72.6. The molecule has 19 rings (SSSR count). The van der Waals surface area contributed by atoms with Crippen LogP contribution in [0.1, 0.15) is 67.0 Å². The minimum absolute atomic E-state index is 0.336. The maximum absolute atomic E-state index is 7.87. The molecule has 17 aromatic carbocycles. The van der Waals surface area contributed by atoms with Crippen LogP contribution in [0.5, 0.6) is 5.75 Å². The maximum Gasteiger partial charge on any atom is 0.123 e. The van der Waals surface area contributed by atoms with Gasteiger partial charge < -0.3 is 28.9 Å². The van der Waals surface area contributed by atoms with Gasteiger partial charge in [-0.1, -0.05) is 323 Å². The van der Waals surface area contributed by atoms with E-state index in [-0.39, 0.29) is 0 Å². The summed E-state index contributed by atoms with van der Waals surface area (Å²) < 4.78 is 22.7. The number of fused-ring (bicyclic) bond motifs is 6. The van der Waals surface area contributed by atoms with E-state index >= 15 is 0 Å². The van der Waals surface area contributed by atoms with Crippen LogP contribution >= 0.6 is 0 Å². The van der Waals surface area contributed by atoms with Crippen molar-refractivity contribution >= 4 is 116 Å². The molecule has 2 atom stereocenters. The van der Waals surface area contributed by atoms with Crippen LogP contribution in [-0.2, 0) is 40.1 Å². The topological polar surface area (TPSA) is 37.4 Å². The Labute approximate surface area is 679 Å². The quantitative estimate of drug-likeness (QED) is 0.0635. The molecule has 2 aliphatic rings. The van der Waals surface area contributed by atoms with Crippen molar-refractivity contribution in [3.8, 4) is 5.75 Å². The van der Waals surface area contributed by atoms with Crippen LogP contribution in [0.3, 0.4) is 0 Å². The number of allylic oxidation sites excluding steroid dienone is 4. The summed E-state index contributed by atoms with van der Waals surface area (Å²) in [6.45, 7) is 8.08. The highest BCUT2D eigenvalue weighted by Crippen LogP contribution is 2.56. The number of nitrogens with zero attached hydrogens (tertiary/aromatic N) is 3. The van der Waals surface area contributed by atoms with Gasteiger partial charge in [-0.05, 0) is 227 Å². The van der Waals surface area contributed by atoms with E-state index in [4.69, 9.17) is 14.2 Å². The molecule has 562 valence electrons. The first-order valence-electron chi connectivity index (χ1n) is 40.4. The van der Waals surface area contributed by atoms with E-state index in [1.54, 1.807) is 0 Å². The van der Waals surface area contributed by atoms with E-state index in [0.717, 1.165) is 90.3 Å². The number of benzene rings is 17. The lowest BCUT2D eigenvalue weighted by molar-refractivity contribution is -0.162. The molecular weight excluding hydrogens is 1410 g/mol. The fourth-order valence-corrected chi connectivity index (χ4v) is 17.8. The van der Waals surface area contributed by atoms with Gasteiger partial charge in [0, 0.05) is 62.2 Å². The van der Waals surface area contributed by atoms with E-state index in [2.05, 4.69) is 460 Å². The second-order valence-electron chi connectivity index (χ2n) is 31.6. The highest BCUT2D eigenvalue weighted by atomic mass is 16.5. The molecule has 116 heavy (non-hydrogen) atoms. The molecule has 6 nitrogen and oxygen atoms in total. The van der Waals surface area contributed by atoms with Gasteiger partial charge in [-0.15, -0.1) is 0 Å². The lowest BCUT2D eigenvalue weighted by atomic mass is 9.55. The third-order valence-corrected chi connectivity index (χ3v) is 24.4. The second-order valence-corrected chi connectivity index (χ2v) is 31.6. The van der Waals surface area contributed by atoms with Gasteiger partial charge in [0.1, 0.15) is 23.6 Å². The van der Waals surface area contributed by atoms with Crippen LogP contribution < -0.4 is 19.4 Å². The lowest BCUT2D eigenvalue weighted by Gasteiger charge is -2.57. The summed E-state index contributed by atoms with van der Waals surface area (Å²) in [6.07, 6.45) is 19.0. The molecule has 0 fully saturated rings. The van der Waals surface area contributed by atoms with Gasteiger partial charge >= 0.3 is 0 Å². The normalized spacial score (nSPS) is 15.8. The summed E-state index contributed by atoms with van der Waals surface area (Å²) >= 11 is 0. The van der Waals surface area contributed by atoms with E-state index < -0.39 is 22.0 Å². The number of rotatable bonds is 23. The van der Waals surface area contributed by atoms with Gasteiger partial charge in [0.2, 0.25) is 0 Å². The van der Waals surface area contributed by atoms with Gasteiger partial charge in [-0.25, -0.2) is 0 Å². The standard InChI is InChI=1S/C110H89N3O3/c1-107(2,105-36-18-19-37-106(105)114-76-79-38-54-96(55-39-79)111(99-60-44-82-24-6-12-30-88(82)70-99)100-61-45-83-25-7-13-31-89(83)71-100)94-50-52-95(53-51-94)108(3,109(66-20-4-21-67-109)115-77-80-40-56-97(57-41-80)112(101-62-46-84-26-8-14-32-90(84)72-101)102-63-47-85-27-9-15-33-91(85)73-102)110(68-22-5-23-69-110)116-78-81-42-58-98(59-43-81)113(103-64-48-86-28-10-16-34-92(86)74-103)104-65-49-87-29-11-17-35-93(87)75-104/h4-66,68,70-75H,67,69,76-78H2,1-3H3. The molecule has 0 N–H and O–H groups in total. The average Bonchev–Trinajstić information content (AvgIpc) is 0.703. The van der Waals surface area contributed by atoms with Crippen LogP contribution in [-0.4, -0.2) is 11.2 Å². The molecule has 0 bridgehead atoms. The highest BCUT2D eigenvalue weighted by Gasteiger charge is 2.61. The molecule has 6 heteroatoms. The van der Waals surface area contributed by atoms with Crippen molar-refractivity contribution in [2.24, 2.45) is 0 Å². The molecule has 0 aromatic heterocycles.